The minimum atomic E-state index is -0.384. The maximum atomic E-state index is 14.0. The van der Waals surface area contributed by atoms with Gasteiger partial charge in [0.05, 0.1) is 12.7 Å². The lowest BCUT2D eigenvalue weighted by molar-refractivity contribution is 0.413. The maximum absolute atomic E-state index is 14.0. The second-order valence-corrected chi connectivity index (χ2v) is 5.10. The highest BCUT2D eigenvalue weighted by Crippen LogP contribution is 2.30. The van der Waals surface area contributed by atoms with Gasteiger partial charge in [0.15, 0.2) is 5.82 Å². The summed E-state index contributed by atoms with van der Waals surface area (Å²) in [6.45, 7) is 4.65. The van der Waals surface area contributed by atoms with E-state index in [2.05, 4.69) is 32.3 Å². The molecule has 7 heteroatoms. The smallest absolute Gasteiger partial charge is 0.245 e. The molecule has 0 bridgehead atoms. The number of hydrogen-bond acceptors (Lipinski definition) is 5. The van der Waals surface area contributed by atoms with Gasteiger partial charge >= 0.3 is 0 Å². The number of nitrogens with zero attached hydrogens (tertiary/aromatic N) is 3. The number of benzene rings is 1. The lowest BCUT2D eigenvalue weighted by Gasteiger charge is -2.30. The van der Waals surface area contributed by atoms with Crippen LogP contribution in [0.2, 0.25) is 0 Å². The molecular formula is C14H18FN5O. The summed E-state index contributed by atoms with van der Waals surface area (Å²) in [6, 6.07) is 5.07. The summed E-state index contributed by atoms with van der Waals surface area (Å²) in [5.74, 6) is 1.02. The van der Waals surface area contributed by atoms with Crippen LogP contribution in [0.3, 0.4) is 0 Å². The Morgan fingerprint density at radius 1 is 1.43 bits per heavy atom. The standard InChI is InChI=1S/C14H18FN5O/c1-9-8-20(7-6-16-9)14-17-13(18-19-14)12-10(15)4-3-5-11(12)21-2/h3-5,9,16H,6-8H2,1-2H3,(H,17,18,19). The van der Waals surface area contributed by atoms with E-state index < -0.39 is 0 Å². The quantitative estimate of drug-likeness (QED) is 0.895. The van der Waals surface area contributed by atoms with Crippen molar-refractivity contribution in [3.8, 4) is 17.1 Å². The molecule has 0 spiro atoms. The van der Waals surface area contributed by atoms with Crippen LogP contribution in [-0.4, -0.2) is 48.0 Å². The lowest BCUT2D eigenvalue weighted by Crippen LogP contribution is -2.49. The van der Waals surface area contributed by atoms with Crippen molar-refractivity contribution in [2.45, 2.75) is 13.0 Å². The van der Waals surface area contributed by atoms with Crippen LogP contribution in [0.1, 0.15) is 6.92 Å². The summed E-state index contributed by atoms with van der Waals surface area (Å²) >= 11 is 0. The zero-order valence-electron chi connectivity index (χ0n) is 12.1. The number of halogens is 1. The third-order valence-corrected chi connectivity index (χ3v) is 3.56. The van der Waals surface area contributed by atoms with Crippen molar-refractivity contribution in [3.05, 3.63) is 24.0 Å². The van der Waals surface area contributed by atoms with Crippen molar-refractivity contribution in [2.75, 3.05) is 31.6 Å². The third-order valence-electron chi connectivity index (χ3n) is 3.56. The molecule has 0 saturated carbocycles. The summed E-state index contributed by atoms with van der Waals surface area (Å²) in [6.07, 6.45) is 0. The molecule has 1 aromatic carbocycles. The molecule has 0 aliphatic carbocycles. The number of piperazine rings is 1. The van der Waals surface area contributed by atoms with E-state index >= 15 is 0 Å². The Bertz CT molecular complexity index is 630. The van der Waals surface area contributed by atoms with Gasteiger partial charge in [0.2, 0.25) is 5.95 Å². The van der Waals surface area contributed by atoms with Gasteiger partial charge in [-0.15, -0.1) is 5.10 Å². The van der Waals surface area contributed by atoms with E-state index in [1.165, 1.54) is 13.2 Å². The minimum absolute atomic E-state index is 0.307. The molecule has 112 valence electrons. The minimum Gasteiger partial charge on any atom is -0.496 e. The molecule has 1 aromatic heterocycles. The van der Waals surface area contributed by atoms with Gasteiger partial charge in [0.1, 0.15) is 11.6 Å². The fourth-order valence-corrected chi connectivity index (χ4v) is 2.52. The summed E-state index contributed by atoms with van der Waals surface area (Å²) in [5, 5.41) is 10.4. The number of methoxy groups -OCH3 is 1. The molecule has 1 aliphatic rings. The van der Waals surface area contributed by atoms with E-state index in [-0.39, 0.29) is 5.82 Å². The van der Waals surface area contributed by atoms with Crippen LogP contribution in [0.15, 0.2) is 18.2 Å². The van der Waals surface area contributed by atoms with E-state index in [0.717, 1.165) is 19.6 Å². The van der Waals surface area contributed by atoms with Crippen molar-refractivity contribution >= 4 is 5.95 Å². The Hall–Kier alpha value is -2.15. The molecule has 6 nitrogen and oxygen atoms in total. The number of aromatic amines is 1. The summed E-state index contributed by atoms with van der Waals surface area (Å²) in [5.41, 5.74) is 0.307. The van der Waals surface area contributed by atoms with Crippen LogP contribution in [0.25, 0.3) is 11.4 Å². The fourth-order valence-electron chi connectivity index (χ4n) is 2.52. The maximum Gasteiger partial charge on any atom is 0.245 e. The van der Waals surface area contributed by atoms with Crippen molar-refractivity contribution in [1.82, 2.24) is 20.5 Å². The van der Waals surface area contributed by atoms with Crippen LogP contribution in [0.5, 0.6) is 5.75 Å². The average Bonchev–Trinajstić information content (AvgIpc) is 2.96. The largest absolute Gasteiger partial charge is 0.496 e. The SMILES string of the molecule is COc1cccc(F)c1-c1nc(N2CCNC(C)C2)n[nH]1. The first-order chi connectivity index (χ1) is 10.2. The Kier molecular flexibility index (Phi) is 3.74. The van der Waals surface area contributed by atoms with Crippen molar-refractivity contribution < 1.29 is 9.13 Å². The molecule has 1 aliphatic heterocycles. The van der Waals surface area contributed by atoms with Gasteiger partial charge in [-0.05, 0) is 19.1 Å². The molecule has 0 radical (unpaired) electrons. The van der Waals surface area contributed by atoms with E-state index in [0.29, 0.717) is 29.1 Å². The number of hydrogen-bond donors (Lipinski definition) is 2. The van der Waals surface area contributed by atoms with Crippen LogP contribution < -0.4 is 15.0 Å². The highest BCUT2D eigenvalue weighted by Gasteiger charge is 2.21. The second kappa shape index (κ2) is 5.69. The molecule has 2 heterocycles. The van der Waals surface area contributed by atoms with Gasteiger partial charge in [-0.25, -0.2) is 4.39 Å². The molecule has 2 N–H and O–H groups in total. The van der Waals surface area contributed by atoms with Gasteiger partial charge in [0, 0.05) is 25.7 Å². The topological polar surface area (TPSA) is 66.1 Å². The molecular weight excluding hydrogens is 273 g/mol. The molecule has 1 fully saturated rings. The van der Waals surface area contributed by atoms with Crippen LogP contribution in [0, 0.1) is 5.82 Å². The first-order valence-electron chi connectivity index (χ1n) is 6.92. The van der Waals surface area contributed by atoms with Crippen LogP contribution in [0.4, 0.5) is 10.3 Å². The Balaban J connectivity index is 1.92. The van der Waals surface area contributed by atoms with E-state index in [9.17, 15) is 4.39 Å². The lowest BCUT2D eigenvalue weighted by atomic mass is 10.2. The first-order valence-corrected chi connectivity index (χ1v) is 6.92. The molecule has 21 heavy (non-hydrogen) atoms. The van der Waals surface area contributed by atoms with Crippen molar-refractivity contribution in [3.63, 3.8) is 0 Å². The molecule has 1 atom stereocenters. The van der Waals surface area contributed by atoms with Crippen LogP contribution in [-0.2, 0) is 0 Å². The average molecular weight is 291 g/mol. The molecule has 1 saturated heterocycles. The predicted octanol–water partition coefficient (Wildman–Crippen LogP) is 1.42. The molecule has 2 aromatic rings. The second-order valence-electron chi connectivity index (χ2n) is 5.10. The van der Waals surface area contributed by atoms with Gasteiger partial charge < -0.3 is 15.0 Å². The van der Waals surface area contributed by atoms with Gasteiger partial charge in [-0.2, -0.15) is 4.98 Å². The third kappa shape index (κ3) is 2.69. The Morgan fingerprint density at radius 3 is 3.05 bits per heavy atom. The number of anilines is 1. The van der Waals surface area contributed by atoms with Crippen LogP contribution >= 0.6 is 0 Å². The Labute approximate surface area is 122 Å². The number of aromatic nitrogens is 3. The van der Waals surface area contributed by atoms with Gasteiger partial charge in [-0.3, -0.25) is 5.10 Å². The molecule has 3 rings (SSSR count). The number of nitrogens with one attached hydrogen (secondary N) is 2. The number of ether oxygens (including phenoxy) is 1. The highest BCUT2D eigenvalue weighted by atomic mass is 19.1. The zero-order valence-corrected chi connectivity index (χ0v) is 12.1. The van der Waals surface area contributed by atoms with Crippen molar-refractivity contribution in [2.24, 2.45) is 0 Å². The Morgan fingerprint density at radius 2 is 2.29 bits per heavy atom. The van der Waals surface area contributed by atoms with E-state index in [1.54, 1.807) is 12.1 Å². The fraction of sp³-hybridized carbons (Fsp3) is 0.429. The van der Waals surface area contributed by atoms with Crippen molar-refractivity contribution in [1.29, 1.82) is 0 Å². The van der Waals surface area contributed by atoms with E-state index in [4.69, 9.17) is 4.74 Å². The van der Waals surface area contributed by atoms with Gasteiger partial charge in [0.25, 0.3) is 0 Å². The number of rotatable bonds is 3. The number of H-pyrrole nitrogens is 1. The zero-order chi connectivity index (χ0) is 14.8. The monoisotopic (exact) mass is 291 g/mol. The first kappa shape index (κ1) is 13.8. The summed E-state index contributed by atoms with van der Waals surface area (Å²) in [4.78, 5) is 6.50. The van der Waals surface area contributed by atoms with Gasteiger partial charge in [-0.1, -0.05) is 6.07 Å². The van der Waals surface area contributed by atoms with E-state index in [1.807, 2.05) is 0 Å². The summed E-state index contributed by atoms with van der Waals surface area (Å²) in [7, 11) is 1.51. The molecule has 0 amide bonds. The predicted molar refractivity (Wildman–Crippen MR) is 78.0 cm³/mol. The molecule has 1 unspecified atom stereocenters. The normalized spacial score (nSPS) is 18.8. The highest BCUT2D eigenvalue weighted by molar-refractivity contribution is 5.65. The summed E-state index contributed by atoms with van der Waals surface area (Å²) < 4.78 is 19.2.